The molecule has 1 atom stereocenters. The first-order valence-corrected chi connectivity index (χ1v) is 7.40. The molecule has 1 fully saturated rings. The van der Waals surface area contributed by atoms with E-state index in [2.05, 4.69) is 10.6 Å². The van der Waals surface area contributed by atoms with Crippen LogP contribution in [0, 0.1) is 0 Å². The van der Waals surface area contributed by atoms with Crippen LogP contribution in [0.25, 0.3) is 0 Å². The van der Waals surface area contributed by atoms with Crippen molar-refractivity contribution < 1.29 is 19.1 Å². The van der Waals surface area contributed by atoms with Gasteiger partial charge in [-0.05, 0) is 18.6 Å². The predicted molar refractivity (Wildman–Crippen MR) is 82.2 cm³/mol. The van der Waals surface area contributed by atoms with Gasteiger partial charge in [-0.25, -0.2) is 4.79 Å². The number of benzene rings is 1. The molecule has 118 valence electrons. The van der Waals surface area contributed by atoms with Crippen molar-refractivity contribution in [1.82, 2.24) is 5.32 Å². The Morgan fingerprint density at radius 2 is 1.91 bits per heavy atom. The van der Waals surface area contributed by atoms with E-state index in [0.29, 0.717) is 6.42 Å². The number of carbonyl (C=O) groups excluding carboxylic acids is 3. The first-order chi connectivity index (χ1) is 10.4. The average Bonchev–Trinajstić information content (AvgIpc) is 2.89. The molecule has 1 aliphatic rings. The van der Waals surface area contributed by atoms with Gasteiger partial charge in [-0.2, -0.15) is 0 Å². The van der Waals surface area contributed by atoms with Crippen LogP contribution in [0.3, 0.4) is 0 Å². The van der Waals surface area contributed by atoms with Crippen LogP contribution in [0.4, 0.5) is 5.69 Å². The second-order valence-electron chi connectivity index (χ2n) is 4.56. The second-order valence-corrected chi connectivity index (χ2v) is 5.78. The van der Waals surface area contributed by atoms with Crippen LogP contribution in [0.15, 0.2) is 12.1 Å². The highest BCUT2D eigenvalue weighted by atomic mass is 35.5. The van der Waals surface area contributed by atoms with Gasteiger partial charge in [0.25, 0.3) is 5.91 Å². The maximum absolute atomic E-state index is 11.7. The molecule has 1 heterocycles. The number of halogens is 3. The highest BCUT2D eigenvalue weighted by Gasteiger charge is 2.28. The fraction of sp³-hybridized carbons (Fsp3) is 0.308. The van der Waals surface area contributed by atoms with E-state index >= 15 is 0 Å². The Hall–Kier alpha value is -1.50. The summed E-state index contributed by atoms with van der Waals surface area (Å²) in [6, 6.07) is 2.08. The summed E-state index contributed by atoms with van der Waals surface area (Å²) in [6.07, 6.45) is 0.628. The first kappa shape index (κ1) is 16.9. The summed E-state index contributed by atoms with van der Waals surface area (Å²) in [4.78, 5) is 34.4. The van der Waals surface area contributed by atoms with Crippen LogP contribution >= 0.6 is 34.8 Å². The zero-order valence-electron chi connectivity index (χ0n) is 11.1. The molecule has 0 spiro atoms. The minimum Gasteiger partial charge on any atom is -0.454 e. The molecule has 0 aliphatic carbocycles. The van der Waals surface area contributed by atoms with Crippen LogP contribution in [-0.4, -0.2) is 30.4 Å². The Morgan fingerprint density at radius 3 is 2.55 bits per heavy atom. The number of rotatable bonds is 4. The molecule has 6 nitrogen and oxygen atoms in total. The largest absolute Gasteiger partial charge is 0.454 e. The van der Waals surface area contributed by atoms with Gasteiger partial charge >= 0.3 is 5.97 Å². The van der Waals surface area contributed by atoms with E-state index in [1.165, 1.54) is 12.1 Å². The van der Waals surface area contributed by atoms with Crippen molar-refractivity contribution in [3.8, 4) is 0 Å². The summed E-state index contributed by atoms with van der Waals surface area (Å²) in [5.74, 6) is -1.45. The van der Waals surface area contributed by atoms with Crippen molar-refractivity contribution in [1.29, 1.82) is 0 Å². The van der Waals surface area contributed by atoms with Crippen LogP contribution in [-0.2, 0) is 19.1 Å². The predicted octanol–water partition coefficient (Wildman–Crippen LogP) is 2.41. The normalized spacial score (nSPS) is 17.0. The molecule has 0 aromatic heterocycles. The third-order valence-electron chi connectivity index (χ3n) is 2.91. The lowest BCUT2D eigenvalue weighted by Gasteiger charge is -2.11. The smallest absolute Gasteiger partial charge is 0.329 e. The summed E-state index contributed by atoms with van der Waals surface area (Å²) in [6.45, 7) is -0.498. The molecule has 1 aromatic carbocycles. The maximum Gasteiger partial charge on any atom is 0.329 e. The van der Waals surface area contributed by atoms with Gasteiger partial charge in [0.05, 0.1) is 20.8 Å². The minimum atomic E-state index is -0.700. The standard InChI is InChI=1S/C13H11Cl3N2O4/c14-6-3-8(16)10(4-7(6)15)18-12(20)5-22-13(21)9-1-2-11(19)17-9/h3-4,9H,1-2,5H2,(H,17,19)(H,18,20)/t9-/m1/s1. The zero-order valence-corrected chi connectivity index (χ0v) is 13.4. The Morgan fingerprint density at radius 1 is 1.23 bits per heavy atom. The number of esters is 1. The zero-order chi connectivity index (χ0) is 16.3. The number of ether oxygens (including phenoxy) is 1. The third kappa shape index (κ3) is 4.25. The number of carbonyl (C=O) groups is 3. The summed E-state index contributed by atoms with van der Waals surface area (Å²) >= 11 is 17.5. The van der Waals surface area contributed by atoms with Gasteiger partial charge in [0, 0.05) is 6.42 Å². The van der Waals surface area contributed by atoms with Gasteiger partial charge in [-0.15, -0.1) is 0 Å². The van der Waals surface area contributed by atoms with E-state index in [9.17, 15) is 14.4 Å². The second kappa shape index (κ2) is 7.17. The quantitative estimate of drug-likeness (QED) is 0.634. The molecule has 0 bridgehead atoms. The van der Waals surface area contributed by atoms with E-state index in [0.717, 1.165) is 0 Å². The molecule has 2 amide bonds. The molecule has 2 rings (SSSR count). The number of hydrogen-bond acceptors (Lipinski definition) is 4. The molecule has 9 heteroatoms. The molecule has 1 aromatic rings. The number of nitrogens with one attached hydrogen (secondary N) is 2. The van der Waals surface area contributed by atoms with E-state index in [1.54, 1.807) is 0 Å². The van der Waals surface area contributed by atoms with Gasteiger partial charge in [0.2, 0.25) is 5.91 Å². The number of hydrogen-bond donors (Lipinski definition) is 2. The van der Waals surface area contributed by atoms with Gasteiger partial charge in [-0.3, -0.25) is 9.59 Å². The lowest BCUT2D eigenvalue weighted by Crippen LogP contribution is -2.36. The molecule has 22 heavy (non-hydrogen) atoms. The first-order valence-electron chi connectivity index (χ1n) is 6.27. The van der Waals surface area contributed by atoms with E-state index in [4.69, 9.17) is 39.5 Å². The van der Waals surface area contributed by atoms with Gasteiger partial charge in [-0.1, -0.05) is 34.8 Å². The third-order valence-corrected chi connectivity index (χ3v) is 3.94. The van der Waals surface area contributed by atoms with E-state index in [-0.39, 0.29) is 33.1 Å². The fourth-order valence-electron chi connectivity index (χ4n) is 1.83. The van der Waals surface area contributed by atoms with Crippen molar-refractivity contribution >= 4 is 58.3 Å². The SMILES string of the molecule is O=C(COC(=O)[C@H]1CCC(=O)N1)Nc1cc(Cl)c(Cl)cc1Cl. The molecule has 1 aliphatic heterocycles. The van der Waals surface area contributed by atoms with Crippen molar-refractivity contribution in [2.45, 2.75) is 18.9 Å². The van der Waals surface area contributed by atoms with Crippen LogP contribution in [0.1, 0.15) is 12.8 Å². The van der Waals surface area contributed by atoms with Gasteiger partial charge in [0.1, 0.15) is 6.04 Å². The lowest BCUT2D eigenvalue weighted by molar-refractivity contribution is -0.149. The lowest BCUT2D eigenvalue weighted by atomic mass is 10.2. The highest BCUT2D eigenvalue weighted by molar-refractivity contribution is 6.44. The van der Waals surface area contributed by atoms with Crippen LogP contribution in [0.2, 0.25) is 15.1 Å². The van der Waals surface area contributed by atoms with Gasteiger partial charge in [0.15, 0.2) is 6.61 Å². The molecule has 0 unspecified atom stereocenters. The van der Waals surface area contributed by atoms with Crippen molar-refractivity contribution in [3.05, 3.63) is 27.2 Å². The molecule has 1 saturated heterocycles. The summed E-state index contributed by atoms with van der Waals surface area (Å²) < 4.78 is 4.83. The van der Waals surface area contributed by atoms with Crippen molar-refractivity contribution in [3.63, 3.8) is 0 Å². The monoisotopic (exact) mass is 364 g/mol. The molecule has 0 saturated carbocycles. The van der Waals surface area contributed by atoms with Crippen LogP contribution in [0.5, 0.6) is 0 Å². The average molecular weight is 366 g/mol. The minimum absolute atomic E-state index is 0.206. The highest BCUT2D eigenvalue weighted by Crippen LogP contribution is 2.32. The molecular weight excluding hydrogens is 355 g/mol. The summed E-state index contributed by atoms with van der Waals surface area (Å²) in [7, 11) is 0. The molecular formula is C13H11Cl3N2O4. The summed E-state index contributed by atoms with van der Waals surface area (Å²) in [5, 5.41) is 5.60. The Balaban J connectivity index is 1.87. The van der Waals surface area contributed by atoms with Crippen molar-refractivity contribution in [2.75, 3.05) is 11.9 Å². The van der Waals surface area contributed by atoms with Crippen molar-refractivity contribution in [2.24, 2.45) is 0 Å². The Kier molecular flexibility index (Phi) is 5.50. The number of anilines is 1. The van der Waals surface area contributed by atoms with Gasteiger partial charge < -0.3 is 15.4 Å². The Bertz CT molecular complexity index is 636. The van der Waals surface area contributed by atoms with E-state index in [1.807, 2.05) is 0 Å². The van der Waals surface area contributed by atoms with Crippen LogP contribution < -0.4 is 10.6 Å². The molecule has 0 radical (unpaired) electrons. The maximum atomic E-state index is 11.7. The summed E-state index contributed by atoms with van der Waals surface area (Å²) in [5.41, 5.74) is 0.256. The topological polar surface area (TPSA) is 84.5 Å². The fourth-order valence-corrected chi connectivity index (χ4v) is 2.43. The van der Waals surface area contributed by atoms with E-state index < -0.39 is 24.5 Å². The number of amides is 2. The molecule has 2 N–H and O–H groups in total. The Labute approximate surface area is 141 Å².